The van der Waals surface area contributed by atoms with E-state index in [0.717, 1.165) is 15.5 Å². The van der Waals surface area contributed by atoms with Gasteiger partial charge in [-0.2, -0.15) is 0 Å². The van der Waals surface area contributed by atoms with Gasteiger partial charge in [-0.15, -0.1) is 11.8 Å². The Morgan fingerprint density at radius 3 is 2.42 bits per heavy atom. The molecule has 0 heterocycles. The molecule has 8 heteroatoms. The van der Waals surface area contributed by atoms with Gasteiger partial charge < -0.3 is 5.32 Å². The molecular weight excluding hydrogens is 375 g/mol. The standard InChI is InChI=1S/C18H21FN2O3S2/c1-4-17(18(22)20-14-6-5-7-16(12-14)25-2)21(26(3,23)24)15-10-8-13(19)9-11-15/h5-12,17H,4H2,1-3H3,(H,20,22)/t17-/m1/s1. The number of carbonyl (C=O) groups excluding carboxylic acids is 1. The number of hydrogen-bond acceptors (Lipinski definition) is 4. The summed E-state index contributed by atoms with van der Waals surface area (Å²) >= 11 is 1.54. The lowest BCUT2D eigenvalue weighted by Gasteiger charge is -2.30. The molecule has 140 valence electrons. The normalized spacial score (nSPS) is 12.5. The fourth-order valence-electron chi connectivity index (χ4n) is 2.57. The number of sulfonamides is 1. The average molecular weight is 397 g/mol. The summed E-state index contributed by atoms with van der Waals surface area (Å²) in [6, 6.07) is 11.4. The lowest BCUT2D eigenvalue weighted by Crippen LogP contribution is -2.47. The predicted octanol–water partition coefficient (Wildman–Crippen LogP) is 3.73. The number of anilines is 2. The van der Waals surface area contributed by atoms with E-state index in [4.69, 9.17) is 0 Å². The van der Waals surface area contributed by atoms with Crippen LogP contribution in [0, 0.1) is 5.82 Å². The SMILES string of the molecule is CC[C@H](C(=O)Nc1cccc(SC)c1)N(c1ccc(F)cc1)S(C)(=O)=O. The highest BCUT2D eigenvalue weighted by atomic mass is 32.2. The Balaban J connectivity index is 2.34. The van der Waals surface area contributed by atoms with Crippen LogP contribution in [0.4, 0.5) is 15.8 Å². The van der Waals surface area contributed by atoms with Crippen LogP contribution in [0.15, 0.2) is 53.4 Å². The van der Waals surface area contributed by atoms with E-state index in [-0.39, 0.29) is 12.1 Å². The summed E-state index contributed by atoms with van der Waals surface area (Å²) in [7, 11) is -3.75. The Morgan fingerprint density at radius 1 is 1.23 bits per heavy atom. The zero-order valence-electron chi connectivity index (χ0n) is 14.8. The van der Waals surface area contributed by atoms with Crippen LogP contribution >= 0.6 is 11.8 Å². The molecule has 2 aromatic rings. The van der Waals surface area contributed by atoms with E-state index in [1.165, 1.54) is 36.0 Å². The van der Waals surface area contributed by atoms with E-state index < -0.39 is 27.8 Å². The number of halogens is 1. The summed E-state index contributed by atoms with van der Waals surface area (Å²) in [5.74, 6) is -0.922. The van der Waals surface area contributed by atoms with Crippen LogP contribution in [0.3, 0.4) is 0 Å². The van der Waals surface area contributed by atoms with Crippen molar-refractivity contribution in [3.8, 4) is 0 Å². The molecule has 0 bridgehead atoms. The third kappa shape index (κ3) is 4.98. The van der Waals surface area contributed by atoms with Crippen LogP contribution < -0.4 is 9.62 Å². The van der Waals surface area contributed by atoms with Gasteiger partial charge in [0.05, 0.1) is 11.9 Å². The summed E-state index contributed by atoms with van der Waals surface area (Å²) in [4.78, 5) is 13.8. The molecule has 0 unspecified atom stereocenters. The van der Waals surface area contributed by atoms with Crippen molar-refractivity contribution in [2.24, 2.45) is 0 Å². The fraction of sp³-hybridized carbons (Fsp3) is 0.278. The van der Waals surface area contributed by atoms with Crippen molar-refractivity contribution >= 4 is 39.1 Å². The minimum Gasteiger partial charge on any atom is -0.324 e. The quantitative estimate of drug-likeness (QED) is 0.724. The van der Waals surface area contributed by atoms with Crippen molar-refractivity contribution in [2.75, 3.05) is 22.1 Å². The van der Waals surface area contributed by atoms with E-state index in [2.05, 4.69) is 5.32 Å². The lowest BCUT2D eigenvalue weighted by atomic mass is 10.2. The van der Waals surface area contributed by atoms with Gasteiger partial charge in [0.1, 0.15) is 11.9 Å². The average Bonchev–Trinajstić information content (AvgIpc) is 2.59. The summed E-state index contributed by atoms with van der Waals surface area (Å²) in [6.07, 6.45) is 3.22. The number of nitrogens with zero attached hydrogens (tertiary/aromatic N) is 1. The minimum atomic E-state index is -3.75. The number of rotatable bonds is 7. The largest absolute Gasteiger partial charge is 0.324 e. The molecule has 0 aliphatic heterocycles. The van der Waals surface area contributed by atoms with Crippen LogP contribution in [0.5, 0.6) is 0 Å². The molecule has 0 aliphatic carbocycles. The van der Waals surface area contributed by atoms with E-state index >= 15 is 0 Å². The number of hydrogen-bond donors (Lipinski definition) is 1. The Kier molecular flexibility index (Phi) is 6.66. The fourth-order valence-corrected chi connectivity index (χ4v) is 4.25. The summed E-state index contributed by atoms with van der Waals surface area (Å²) < 4.78 is 38.9. The first kappa shape index (κ1) is 20.3. The second-order valence-electron chi connectivity index (χ2n) is 5.68. The first-order valence-electron chi connectivity index (χ1n) is 7.96. The molecule has 5 nitrogen and oxygen atoms in total. The minimum absolute atomic E-state index is 0.244. The van der Waals surface area contributed by atoms with Crippen molar-refractivity contribution in [1.29, 1.82) is 0 Å². The number of nitrogens with one attached hydrogen (secondary N) is 1. The highest BCUT2D eigenvalue weighted by Crippen LogP contribution is 2.24. The molecule has 0 saturated carbocycles. The molecular formula is C18H21FN2O3S2. The van der Waals surface area contributed by atoms with Gasteiger partial charge in [-0.05, 0) is 55.1 Å². The molecule has 26 heavy (non-hydrogen) atoms. The number of thioether (sulfide) groups is 1. The summed E-state index contributed by atoms with van der Waals surface area (Å²) in [6.45, 7) is 1.73. The van der Waals surface area contributed by atoms with Gasteiger partial charge in [-0.3, -0.25) is 9.10 Å². The number of carbonyl (C=O) groups is 1. The molecule has 1 N–H and O–H groups in total. The maximum absolute atomic E-state index is 13.2. The second kappa shape index (κ2) is 8.55. The monoisotopic (exact) mass is 396 g/mol. The van der Waals surface area contributed by atoms with Crippen molar-refractivity contribution in [2.45, 2.75) is 24.3 Å². The van der Waals surface area contributed by atoms with Crippen LogP contribution in [-0.4, -0.2) is 32.9 Å². The van der Waals surface area contributed by atoms with E-state index in [1.807, 2.05) is 24.5 Å². The van der Waals surface area contributed by atoms with Gasteiger partial charge in [0.2, 0.25) is 15.9 Å². The molecule has 2 aromatic carbocycles. The van der Waals surface area contributed by atoms with Crippen molar-refractivity contribution in [3.05, 3.63) is 54.3 Å². The van der Waals surface area contributed by atoms with E-state index in [0.29, 0.717) is 5.69 Å². The zero-order chi connectivity index (χ0) is 19.3. The molecule has 1 amide bonds. The zero-order valence-corrected chi connectivity index (χ0v) is 16.4. The predicted molar refractivity (Wildman–Crippen MR) is 105 cm³/mol. The van der Waals surface area contributed by atoms with Gasteiger partial charge in [-0.1, -0.05) is 13.0 Å². The Bertz CT molecular complexity index is 870. The van der Waals surface area contributed by atoms with E-state index in [1.54, 1.807) is 13.0 Å². The highest BCUT2D eigenvalue weighted by Gasteiger charge is 2.31. The third-order valence-corrected chi connectivity index (χ3v) is 5.65. The van der Waals surface area contributed by atoms with Gasteiger partial charge in [-0.25, -0.2) is 12.8 Å². The van der Waals surface area contributed by atoms with Crippen molar-refractivity contribution < 1.29 is 17.6 Å². The molecule has 0 fully saturated rings. The van der Waals surface area contributed by atoms with Gasteiger partial charge in [0, 0.05) is 10.6 Å². The molecule has 0 aromatic heterocycles. The molecule has 1 atom stereocenters. The van der Waals surface area contributed by atoms with Crippen LogP contribution in [-0.2, 0) is 14.8 Å². The first-order valence-corrected chi connectivity index (χ1v) is 11.0. The number of amides is 1. The summed E-state index contributed by atoms with van der Waals surface area (Å²) in [5.41, 5.74) is 0.835. The molecule has 0 spiro atoms. The van der Waals surface area contributed by atoms with Gasteiger partial charge >= 0.3 is 0 Å². The van der Waals surface area contributed by atoms with Crippen molar-refractivity contribution in [3.63, 3.8) is 0 Å². The topological polar surface area (TPSA) is 66.5 Å². The Labute approximate surface area is 157 Å². The Morgan fingerprint density at radius 2 is 1.88 bits per heavy atom. The Hall–Kier alpha value is -2.06. The van der Waals surface area contributed by atoms with Crippen LogP contribution in [0.2, 0.25) is 0 Å². The molecule has 0 saturated heterocycles. The molecule has 0 aliphatic rings. The van der Waals surface area contributed by atoms with Gasteiger partial charge in [0.25, 0.3) is 0 Å². The molecule has 2 rings (SSSR count). The third-order valence-electron chi connectivity index (χ3n) is 3.75. The first-order chi connectivity index (χ1) is 12.3. The lowest BCUT2D eigenvalue weighted by molar-refractivity contribution is -0.117. The van der Waals surface area contributed by atoms with Crippen LogP contribution in [0.1, 0.15) is 13.3 Å². The smallest absolute Gasteiger partial charge is 0.248 e. The summed E-state index contributed by atoms with van der Waals surface area (Å²) in [5, 5.41) is 2.77. The maximum Gasteiger partial charge on any atom is 0.248 e. The van der Waals surface area contributed by atoms with E-state index in [9.17, 15) is 17.6 Å². The maximum atomic E-state index is 13.2. The van der Waals surface area contributed by atoms with Gasteiger partial charge in [0.15, 0.2) is 0 Å². The van der Waals surface area contributed by atoms with Crippen LogP contribution in [0.25, 0.3) is 0 Å². The van der Waals surface area contributed by atoms with Crippen molar-refractivity contribution in [1.82, 2.24) is 0 Å². The molecule has 0 radical (unpaired) electrons. The highest BCUT2D eigenvalue weighted by molar-refractivity contribution is 7.98. The number of benzene rings is 2. The second-order valence-corrected chi connectivity index (χ2v) is 8.42.